The fourth-order valence-electron chi connectivity index (χ4n) is 2.60. The Balaban J connectivity index is 2.51. The van der Waals surface area contributed by atoms with Crippen LogP contribution in [0, 0.1) is 0 Å². The third-order valence-electron chi connectivity index (χ3n) is 3.81. The van der Waals surface area contributed by atoms with E-state index in [-0.39, 0.29) is 5.75 Å². The molecule has 1 aromatic rings. The van der Waals surface area contributed by atoms with Crippen LogP contribution in [0.4, 0.5) is 0 Å². The average Bonchev–Trinajstić information content (AvgIpc) is 2.42. The third kappa shape index (κ3) is 6.13. The summed E-state index contributed by atoms with van der Waals surface area (Å²) in [7, 11) is 0. The van der Waals surface area contributed by atoms with Gasteiger partial charge in [0.2, 0.25) is 0 Å². The summed E-state index contributed by atoms with van der Waals surface area (Å²) in [6.45, 7) is 4.46. The first-order valence-electron chi connectivity index (χ1n) is 8.07. The van der Waals surface area contributed by atoms with Crippen LogP contribution in [-0.4, -0.2) is 0 Å². The highest BCUT2D eigenvalue weighted by atomic mass is 16.3. The van der Waals surface area contributed by atoms with E-state index in [0.717, 1.165) is 24.8 Å². The Morgan fingerprint density at radius 3 is 2.05 bits per heavy atom. The fraction of sp³-hybridized carbons (Fsp3) is 0.667. The molecule has 0 aliphatic carbocycles. The number of aryl methyl sites for hydroxylation is 1. The minimum absolute atomic E-state index is 0.254. The van der Waals surface area contributed by atoms with Gasteiger partial charge in [-0.15, -0.1) is 0 Å². The van der Waals surface area contributed by atoms with Gasteiger partial charge in [0, 0.05) is 5.56 Å². The molecule has 0 amide bonds. The highest BCUT2D eigenvalue weighted by Gasteiger charge is 2.08. The van der Waals surface area contributed by atoms with Crippen LogP contribution < -0.4 is 0 Å². The summed E-state index contributed by atoms with van der Waals surface area (Å²) in [5, 5.41) is 12.0. The summed E-state index contributed by atoms with van der Waals surface area (Å²) in [6, 6.07) is 5.81. The quantitative estimate of drug-likeness (QED) is 0.455. The van der Waals surface area contributed by atoms with Crippen LogP contribution in [0.2, 0.25) is 0 Å². The summed E-state index contributed by atoms with van der Waals surface area (Å²) >= 11 is 0. The second kappa shape index (κ2) is 9.89. The molecule has 0 N–H and O–H groups in total. The Hall–Kier alpha value is -0.980. The maximum Gasteiger partial charge on any atom is 0.182 e. The Labute approximate surface area is 119 Å². The van der Waals surface area contributed by atoms with Crippen molar-refractivity contribution in [2.75, 3.05) is 0 Å². The van der Waals surface area contributed by atoms with E-state index < -0.39 is 0 Å². The molecule has 0 saturated heterocycles. The van der Waals surface area contributed by atoms with E-state index in [1.54, 1.807) is 6.07 Å². The average molecular weight is 261 g/mol. The highest BCUT2D eigenvalue weighted by molar-refractivity contribution is 5.39. The van der Waals surface area contributed by atoms with E-state index >= 15 is 0 Å². The van der Waals surface area contributed by atoms with E-state index in [4.69, 9.17) is 0 Å². The van der Waals surface area contributed by atoms with E-state index in [1.165, 1.54) is 50.5 Å². The molecule has 19 heavy (non-hydrogen) atoms. The molecular formula is C18H29O. The lowest BCUT2D eigenvalue weighted by Gasteiger charge is -2.10. The van der Waals surface area contributed by atoms with Gasteiger partial charge in [0.05, 0.1) is 0 Å². The monoisotopic (exact) mass is 261 g/mol. The molecule has 0 aliphatic heterocycles. The van der Waals surface area contributed by atoms with Crippen molar-refractivity contribution in [2.45, 2.75) is 78.1 Å². The Kier molecular flexibility index (Phi) is 8.36. The van der Waals surface area contributed by atoms with Gasteiger partial charge in [0.1, 0.15) is 0 Å². The van der Waals surface area contributed by atoms with Gasteiger partial charge in [-0.1, -0.05) is 64.5 Å². The highest BCUT2D eigenvalue weighted by Crippen LogP contribution is 2.25. The molecule has 1 rings (SSSR count). The van der Waals surface area contributed by atoms with Gasteiger partial charge < -0.3 is 0 Å². The third-order valence-corrected chi connectivity index (χ3v) is 3.81. The summed E-state index contributed by atoms with van der Waals surface area (Å²) in [5.41, 5.74) is 2.40. The van der Waals surface area contributed by atoms with Crippen LogP contribution in [0.15, 0.2) is 18.2 Å². The lowest BCUT2D eigenvalue weighted by Crippen LogP contribution is -1.96. The van der Waals surface area contributed by atoms with Crippen molar-refractivity contribution in [3.63, 3.8) is 0 Å². The second-order valence-corrected chi connectivity index (χ2v) is 5.52. The molecule has 0 bridgehead atoms. The maximum absolute atomic E-state index is 12.0. The zero-order valence-electron chi connectivity index (χ0n) is 12.7. The SMILES string of the molecule is CCCCCCc1cccc([O])c1CCCCCC. The summed E-state index contributed by atoms with van der Waals surface area (Å²) in [4.78, 5) is 0. The Morgan fingerprint density at radius 2 is 1.42 bits per heavy atom. The summed E-state index contributed by atoms with van der Waals surface area (Å²) in [5.74, 6) is 0.254. The number of hydrogen-bond donors (Lipinski definition) is 0. The Bertz CT molecular complexity index is 344. The van der Waals surface area contributed by atoms with E-state index in [2.05, 4.69) is 19.9 Å². The van der Waals surface area contributed by atoms with Crippen molar-refractivity contribution in [1.29, 1.82) is 0 Å². The molecule has 1 radical (unpaired) electrons. The molecule has 1 aromatic carbocycles. The molecule has 0 fully saturated rings. The van der Waals surface area contributed by atoms with Gasteiger partial charge in [0.15, 0.2) is 5.75 Å². The van der Waals surface area contributed by atoms with Gasteiger partial charge >= 0.3 is 0 Å². The van der Waals surface area contributed by atoms with Crippen LogP contribution in [0.3, 0.4) is 0 Å². The van der Waals surface area contributed by atoms with E-state index in [0.29, 0.717) is 0 Å². The van der Waals surface area contributed by atoms with E-state index in [1.807, 2.05) is 6.07 Å². The number of unbranched alkanes of at least 4 members (excludes halogenated alkanes) is 6. The fourth-order valence-corrected chi connectivity index (χ4v) is 2.60. The molecule has 0 atom stereocenters. The molecule has 1 nitrogen and oxygen atoms in total. The van der Waals surface area contributed by atoms with Crippen molar-refractivity contribution in [3.05, 3.63) is 29.3 Å². The normalized spacial score (nSPS) is 10.8. The molecule has 0 spiro atoms. The van der Waals surface area contributed by atoms with Gasteiger partial charge in [0.25, 0.3) is 0 Å². The van der Waals surface area contributed by atoms with Crippen molar-refractivity contribution >= 4 is 0 Å². The van der Waals surface area contributed by atoms with Crippen molar-refractivity contribution in [1.82, 2.24) is 0 Å². The second-order valence-electron chi connectivity index (χ2n) is 5.52. The van der Waals surface area contributed by atoms with Crippen LogP contribution in [0.25, 0.3) is 0 Å². The van der Waals surface area contributed by atoms with Gasteiger partial charge in [-0.05, 0) is 37.3 Å². The lowest BCUT2D eigenvalue weighted by atomic mass is 9.96. The van der Waals surface area contributed by atoms with E-state index in [9.17, 15) is 5.11 Å². The number of rotatable bonds is 10. The molecule has 0 aromatic heterocycles. The smallest absolute Gasteiger partial charge is 0.182 e. The molecular weight excluding hydrogens is 232 g/mol. The van der Waals surface area contributed by atoms with Crippen molar-refractivity contribution in [3.8, 4) is 5.75 Å². The zero-order chi connectivity index (χ0) is 13.9. The van der Waals surface area contributed by atoms with Crippen molar-refractivity contribution in [2.24, 2.45) is 0 Å². The first kappa shape index (κ1) is 16.1. The molecule has 0 saturated carbocycles. The van der Waals surface area contributed by atoms with Crippen LogP contribution >= 0.6 is 0 Å². The molecule has 0 heterocycles. The molecule has 0 aliphatic rings. The first-order valence-corrected chi connectivity index (χ1v) is 8.07. The van der Waals surface area contributed by atoms with Crippen LogP contribution in [0.5, 0.6) is 5.75 Å². The first-order chi connectivity index (χ1) is 9.29. The van der Waals surface area contributed by atoms with Crippen LogP contribution in [-0.2, 0) is 17.9 Å². The topological polar surface area (TPSA) is 19.9 Å². The van der Waals surface area contributed by atoms with Gasteiger partial charge in [-0.25, -0.2) is 0 Å². The number of benzene rings is 1. The molecule has 0 unspecified atom stereocenters. The predicted molar refractivity (Wildman–Crippen MR) is 82.3 cm³/mol. The zero-order valence-corrected chi connectivity index (χ0v) is 12.7. The largest absolute Gasteiger partial charge is 0.290 e. The summed E-state index contributed by atoms with van der Waals surface area (Å²) < 4.78 is 0. The molecule has 107 valence electrons. The van der Waals surface area contributed by atoms with Gasteiger partial charge in [-0.3, -0.25) is 5.11 Å². The standard InChI is InChI=1S/C18H29O/c1-3-5-7-9-12-16-13-11-15-18(19)17(16)14-10-8-6-4-2/h11,13,15H,3-10,12,14H2,1-2H3. The summed E-state index contributed by atoms with van der Waals surface area (Å²) in [6.07, 6.45) is 12.1. The molecule has 1 heteroatoms. The van der Waals surface area contributed by atoms with Gasteiger partial charge in [-0.2, -0.15) is 0 Å². The maximum atomic E-state index is 12.0. The predicted octanol–water partition coefficient (Wildman–Crippen LogP) is 6.08. The van der Waals surface area contributed by atoms with Crippen molar-refractivity contribution < 1.29 is 5.11 Å². The minimum atomic E-state index is 0.254. The van der Waals surface area contributed by atoms with Crippen LogP contribution in [0.1, 0.15) is 76.3 Å². The lowest BCUT2D eigenvalue weighted by molar-refractivity contribution is 0.348. The Morgan fingerprint density at radius 1 is 0.789 bits per heavy atom. The number of hydrogen-bond acceptors (Lipinski definition) is 0. The minimum Gasteiger partial charge on any atom is -0.290 e.